The number of piperidine rings is 1. The number of rotatable bonds is 1. The van der Waals surface area contributed by atoms with E-state index in [0.29, 0.717) is 39.0 Å². The topological polar surface area (TPSA) is 104 Å². The van der Waals surface area contributed by atoms with Gasteiger partial charge in [0.1, 0.15) is 5.56 Å². The van der Waals surface area contributed by atoms with Crippen molar-refractivity contribution in [1.29, 1.82) is 0 Å². The van der Waals surface area contributed by atoms with Gasteiger partial charge in [0.05, 0.1) is 11.7 Å². The lowest BCUT2D eigenvalue weighted by molar-refractivity contribution is -0.174. The Morgan fingerprint density at radius 2 is 2.12 bits per heavy atom. The number of carbonyl (C=O) groups is 1. The molecule has 2 N–H and O–H groups in total. The Morgan fingerprint density at radius 3 is 2.85 bits per heavy atom. The number of aromatic nitrogens is 2. The summed E-state index contributed by atoms with van der Waals surface area (Å²) in [6.07, 6.45) is 4.83. The maximum absolute atomic E-state index is 12.8. The van der Waals surface area contributed by atoms with Crippen molar-refractivity contribution in [2.45, 2.75) is 37.4 Å². The third kappa shape index (κ3) is 2.65. The Morgan fingerprint density at radius 1 is 1.35 bits per heavy atom. The van der Waals surface area contributed by atoms with E-state index in [1.807, 2.05) is 0 Å². The van der Waals surface area contributed by atoms with Crippen LogP contribution >= 0.6 is 0 Å². The van der Waals surface area contributed by atoms with Crippen molar-refractivity contribution < 1.29 is 19.7 Å². The van der Waals surface area contributed by atoms with Gasteiger partial charge in [-0.05, 0) is 37.8 Å². The van der Waals surface area contributed by atoms with Crippen molar-refractivity contribution in [3.8, 4) is 5.75 Å². The average Bonchev–Trinajstić information content (AvgIpc) is 2.65. The summed E-state index contributed by atoms with van der Waals surface area (Å²) in [5.74, 6) is -0.507. The van der Waals surface area contributed by atoms with E-state index in [0.717, 1.165) is 6.42 Å². The van der Waals surface area contributed by atoms with Gasteiger partial charge < -0.3 is 19.8 Å². The first-order valence-corrected chi connectivity index (χ1v) is 8.82. The van der Waals surface area contributed by atoms with Gasteiger partial charge in [0.2, 0.25) is 0 Å². The van der Waals surface area contributed by atoms with Crippen LogP contribution < -0.4 is 5.56 Å². The number of nitrogens with zero attached hydrogens (tertiary/aromatic N) is 3. The molecule has 0 radical (unpaired) electrons. The molecule has 2 fully saturated rings. The summed E-state index contributed by atoms with van der Waals surface area (Å²) in [6, 6.07) is 2.95. The van der Waals surface area contributed by atoms with E-state index in [1.165, 1.54) is 28.9 Å². The smallest absolute Gasteiger partial charge is 0.270 e. The summed E-state index contributed by atoms with van der Waals surface area (Å²) in [5, 5.41) is 20.1. The van der Waals surface area contributed by atoms with Crippen LogP contribution in [0, 0.1) is 0 Å². The fourth-order valence-electron chi connectivity index (χ4n) is 3.89. The van der Waals surface area contributed by atoms with Crippen LogP contribution in [0.25, 0.3) is 5.65 Å². The summed E-state index contributed by atoms with van der Waals surface area (Å²) >= 11 is 0. The standard InChI is InChI=1S/C18H21N3O5/c22-13-3-1-7-21-15(13)19-11-12(17(21)25)16(24)20-8-5-18(6-9-20)14(23)4-2-10-26-18/h1,3,7,11,14,22-23H,2,4-6,8-10H2. The zero-order chi connectivity index (χ0) is 18.3. The number of likely N-dealkylation sites (tertiary alicyclic amines) is 1. The van der Waals surface area contributed by atoms with Crippen molar-refractivity contribution >= 4 is 11.6 Å². The molecular weight excluding hydrogens is 338 g/mol. The van der Waals surface area contributed by atoms with Crippen LogP contribution in [0.5, 0.6) is 5.75 Å². The number of hydrogen-bond acceptors (Lipinski definition) is 6. The molecule has 2 aliphatic rings. The number of ether oxygens (including phenoxy) is 1. The molecule has 26 heavy (non-hydrogen) atoms. The van der Waals surface area contributed by atoms with Crippen LogP contribution in [0.3, 0.4) is 0 Å². The fraction of sp³-hybridized carbons (Fsp3) is 0.500. The number of fused-ring (bicyclic) bond motifs is 1. The van der Waals surface area contributed by atoms with E-state index < -0.39 is 17.3 Å². The number of aliphatic hydroxyl groups excluding tert-OH is 1. The summed E-state index contributed by atoms with van der Waals surface area (Å²) < 4.78 is 7.02. The quantitative estimate of drug-likeness (QED) is 0.770. The van der Waals surface area contributed by atoms with Crippen LogP contribution in [0.2, 0.25) is 0 Å². The minimum absolute atomic E-state index is 0.0332. The van der Waals surface area contributed by atoms with Gasteiger partial charge in [0, 0.05) is 32.1 Å². The number of pyridine rings is 1. The molecule has 0 aromatic carbocycles. The van der Waals surface area contributed by atoms with E-state index in [-0.39, 0.29) is 22.9 Å². The van der Waals surface area contributed by atoms with E-state index in [4.69, 9.17) is 4.74 Å². The summed E-state index contributed by atoms with van der Waals surface area (Å²) in [5.41, 5.74) is -0.998. The number of hydrogen-bond donors (Lipinski definition) is 2. The van der Waals surface area contributed by atoms with Crippen molar-refractivity contribution in [2.24, 2.45) is 0 Å². The molecule has 1 unspecified atom stereocenters. The highest BCUT2D eigenvalue weighted by atomic mass is 16.5. The molecule has 2 saturated heterocycles. The van der Waals surface area contributed by atoms with Gasteiger partial charge in [0.15, 0.2) is 11.4 Å². The summed E-state index contributed by atoms with van der Waals surface area (Å²) in [4.78, 5) is 31.1. The minimum Gasteiger partial charge on any atom is -0.504 e. The van der Waals surface area contributed by atoms with Crippen molar-refractivity contribution in [3.05, 3.63) is 40.4 Å². The highest BCUT2D eigenvalue weighted by Gasteiger charge is 2.44. The van der Waals surface area contributed by atoms with Crippen LogP contribution in [-0.4, -0.2) is 61.8 Å². The molecule has 2 aromatic rings. The van der Waals surface area contributed by atoms with E-state index in [9.17, 15) is 19.8 Å². The van der Waals surface area contributed by atoms with E-state index in [2.05, 4.69) is 4.98 Å². The molecule has 1 atom stereocenters. The molecule has 4 rings (SSSR count). The number of carbonyl (C=O) groups excluding carboxylic acids is 1. The fourth-order valence-corrected chi connectivity index (χ4v) is 3.89. The predicted molar refractivity (Wildman–Crippen MR) is 92.2 cm³/mol. The Hall–Kier alpha value is -2.45. The lowest BCUT2D eigenvalue weighted by atomic mass is 9.82. The molecule has 1 spiro atoms. The molecule has 138 valence electrons. The third-order valence-corrected chi connectivity index (χ3v) is 5.46. The molecule has 2 aromatic heterocycles. The Balaban J connectivity index is 1.57. The first-order valence-electron chi connectivity index (χ1n) is 8.82. The maximum atomic E-state index is 12.8. The first-order chi connectivity index (χ1) is 12.5. The zero-order valence-corrected chi connectivity index (χ0v) is 14.3. The monoisotopic (exact) mass is 359 g/mol. The summed E-state index contributed by atoms with van der Waals surface area (Å²) in [6.45, 7) is 1.46. The number of aliphatic hydroxyl groups is 1. The third-order valence-electron chi connectivity index (χ3n) is 5.46. The first kappa shape index (κ1) is 17.0. The van der Waals surface area contributed by atoms with Crippen molar-refractivity contribution in [3.63, 3.8) is 0 Å². The molecule has 8 nitrogen and oxygen atoms in total. The van der Waals surface area contributed by atoms with E-state index in [1.54, 1.807) is 4.90 Å². The molecule has 1 amide bonds. The Kier molecular flexibility index (Phi) is 4.16. The Bertz CT molecular complexity index is 901. The lowest BCUT2D eigenvalue weighted by Gasteiger charge is -2.46. The van der Waals surface area contributed by atoms with Crippen LogP contribution in [-0.2, 0) is 4.74 Å². The average molecular weight is 359 g/mol. The van der Waals surface area contributed by atoms with Gasteiger partial charge in [-0.2, -0.15) is 0 Å². The second-order valence-electron chi connectivity index (χ2n) is 6.93. The molecule has 0 saturated carbocycles. The van der Waals surface area contributed by atoms with Crippen LogP contribution in [0.1, 0.15) is 36.0 Å². The Labute approximate surface area is 149 Å². The SMILES string of the molecule is O=C(c1cnc2c(O)cccn2c1=O)N1CCC2(CC1)OCCCC2O. The molecule has 8 heteroatoms. The zero-order valence-electron chi connectivity index (χ0n) is 14.3. The van der Waals surface area contributed by atoms with E-state index >= 15 is 0 Å². The van der Waals surface area contributed by atoms with Gasteiger partial charge >= 0.3 is 0 Å². The second-order valence-corrected chi connectivity index (χ2v) is 6.93. The highest BCUT2D eigenvalue weighted by molar-refractivity contribution is 5.94. The number of amides is 1. The highest BCUT2D eigenvalue weighted by Crippen LogP contribution is 2.35. The molecule has 4 heterocycles. The molecular formula is C18H21N3O5. The maximum Gasteiger partial charge on any atom is 0.270 e. The molecule has 0 bridgehead atoms. The molecule has 2 aliphatic heterocycles. The summed E-state index contributed by atoms with van der Waals surface area (Å²) in [7, 11) is 0. The lowest BCUT2D eigenvalue weighted by Crippen LogP contribution is -2.56. The van der Waals surface area contributed by atoms with Crippen LogP contribution in [0.15, 0.2) is 29.3 Å². The van der Waals surface area contributed by atoms with Gasteiger partial charge in [-0.1, -0.05) is 0 Å². The van der Waals surface area contributed by atoms with Crippen molar-refractivity contribution in [2.75, 3.05) is 19.7 Å². The van der Waals surface area contributed by atoms with Gasteiger partial charge in [0.25, 0.3) is 11.5 Å². The van der Waals surface area contributed by atoms with Crippen molar-refractivity contribution in [1.82, 2.24) is 14.3 Å². The normalized spacial score (nSPS) is 22.7. The largest absolute Gasteiger partial charge is 0.504 e. The van der Waals surface area contributed by atoms with Gasteiger partial charge in [-0.3, -0.25) is 14.0 Å². The van der Waals surface area contributed by atoms with Crippen LogP contribution in [0.4, 0.5) is 0 Å². The second kappa shape index (κ2) is 6.37. The predicted octanol–water partition coefficient (Wildman–Crippen LogP) is 0.546. The molecule has 0 aliphatic carbocycles. The number of aromatic hydroxyl groups is 1. The van der Waals surface area contributed by atoms with Gasteiger partial charge in [-0.25, -0.2) is 4.98 Å². The van der Waals surface area contributed by atoms with Gasteiger partial charge in [-0.15, -0.1) is 0 Å². The minimum atomic E-state index is -0.572.